The van der Waals surface area contributed by atoms with Gasteiger partial charge in [-0.2, -0.15) is 0 Å². The molecular weight excluding hydrogens is 293 g/mol. The number of nitrogens with one attached hydrogen (secondary N) is 1. The van der Waals surface area contributed by atoms with Crippen LogP contribution in [0.1, 0.15) is 12.5 Å². The maximum Gasteiger partial charge on any atom is 0.258 e. The third kappa shape index (κ3) is 2.59. The van der Waals surface area contributed by atoms with E-state index in [0.29, 0.717) is 17.9 Å². The van der Waals surface area contributed by atoms with Crippen LogP contribution in [0.25, 0.3) is 22.0 Å². The first-order valence-corrected chi connectivity index (χ1v) is 7.53. The van der Waals surface area contributed by atoms with Gasteiger partial charge in [0.15, 0.2) is 0 Å². The Morgan fingerprint density at radius 3 is 2.65 bits per heavy atom. The number of pyridine rings is 2. The minimum Gasteiger partial charge on any atom is -0.373 e. The summed E-state index contributed by atoms with van der Waals surface area (Å²) in [5.41, 5.74) is 2.81. The van der Waals surface area contributed by atoms with E-state index >= 15 is 0 Å². The molecule has 0 unspecified atom stereocenters. The van der Waals surface area contributed by atoms with Crippen LogP contribution in [0.5, 0.6) is 0 Å². The zero-order valence-electron chi connectivity index (χ0n) is 13.4. The smallest absolute Gasteiger partial charge is 0.258 e. The fourth-order valence-electron chi connectivity index (χ4n) is 2.85. The van der Waals surface area contributed by atoms with Gasteiger partial charge in [-0.15, -0.1) is 0 Å². The first-order chi connectivity index (χ1) is 11.0. The van der Waals surface area contributed by atoms with Crippen molar-refractivity contribution in [1.82, 2.24) is 9.55 Å². The highest BCUT2D eigenvalue weighted by atomic mass is 19.1. The number of benzene rings is 1. The van der Waals surface area contributed by atoms with Crippen molar-refractivity contribution >= 4 is 16.7 Å². The third-order valence-corrected chi connectivity index (χ3v) is 4.03. The van der Waals surface area contributed by atoms with Gasteiger partial charge in [0.1, 0.15) is 11.6 Å². The summed E-state index contributed by atoms with van der Waals surface area (Å²) in [5.74, 6) is 0.410. The van der Waals surface area contributed by atoms with Crippen molar-refractivity contribution in [3.8, 4) is 11.1 Å². The Kier molecular flexibility index (Phi) is 3.86. The Labute approximate surface area is 133 Å². The van der Waals surface area contributed by atoms with Crippen molar-refractivity contribution in [2.45, 2.75) is 20.4 Å². The van der Waals surface area contributed by atoms with E-state index in [4.69, 9.17) is 0 Å². The number of halogens is 1. The van der Waals surface area contributed by atoms with Crippen LogP contribution in [0.4, 0.5) is 10.2 Å². The molecule has 0 radical (unpaired) electrons. The van der Waals surface area contributed by atoms with Crippen molar-refractivity contribution in [2.24, 2.45) is 0 Å². The van der Waals surface area contributed by atoms with Gasteiger partial charge in [-0.3, -0.25) is 4.79 Å². The second-order valence-electron chi connectivity index (χ2n) is 5.45. The number of rotatable bonds is 3. The Morgan fingerprint density at radius 1 is 1.22 bits per heavy atom. The summed E-state index contributed by atoms with van der Waals surface area (Å²) in [4.78, 5) is 17.2. The molecule has 0 aliphatic heterocycles. The summed E-state index contributed by atoms with van der Waals surface area (Å²) in [5, 5.41) is 3.86. The molecule has 0 aliphatic carbocycles. The van der Waals surface area contributed by atoms with Gasteiger partial charge in [-0.1, -0.05) is 6.07 Å². The molecule has 0 saturated carbocycles. The van der Waals surface area contributed by atoms with Gasteiger partial charge in [0.25, 0.3) is 5.56 Å². The Bertz CT molecular complexity index is 947. The standard InChI is InChI=1S/C18H18FN3O/c1-4-22-16-9-17(20-3)21-10-12(16)8-15(18(22)23)14-6-5-13(19)7-11(14)2/h5-10H,4H2,1-3H3,(H,20,21). The van der Waals surface area contributed by atoms with Crippen LogP contribution in [-0.2, 0) is 6.54 Å². The summed E-state index contributed by atoms with van der Waals surface area (Å²) < 4.78 is 15.1. The molecule has 0 fully saturated rings. The van der Waals surface area contributed by atoms with Gasteiger partial charge < -0.3 is 9.88 Å². The van der Waals surface area contributed by atoms with Crippen molar-refractivity contribution in [1.29, 1.82) is 0 Å². The minimum absolute atomic E-state index is 0.0806. The second kappa shape index (κ2) is 5.83. The Hall–Kier alpha value is -2.69. The highest BCUT2D eigenvalue weighted by Gasteiger charge is 2.13. The Balaban J connectivity index is 2.35. The average Bonchev–Trinajstić information content (AvgIpc) is 2.54. The van der Waals surface area contributed by atoms with Crippen molar-refractivity contribution in [3.63, 3.8) is 0 Å². The van der Waals surface area contributed by atoms with Crippen LogP contribution in [0.3, 0.4) is 0 Å². The van der Waals surface area contributed by atoms with Crippen LogP contribution >= 0.6 is 0 Å². The first kappa shape index (κ1) is 15.2. The van der Waals surface area contributed by atoms with Crippen LogP contribution in [0.15, 0.2) is 41.3 Å². The SMILES string of the molecule is CCn1c(=O)c(-c2ccc(F)cc2C)cc2cnc(NC)cc21. The molecule has 2 aromatic heterocycles. The van der Waals surface area contributed by atoms with Crippen LogP contribution in [0.2, 0.25) is 0 Å². The molecule has 0 aliphatic rings. The molecule has 1 N–H and O–H groups in total. The van der Waals surface area contributed by atoms with E-state index in [9.17, 15) is 9.18 Å². The van der Waals surface area contributed by atoms with Crippen molar-refractivity contribution in [3.05, 3.63) is 58.3 Å². The van der Waals surface area contributed by atoms with Crippen LogP contribution in [-0.4, -0.2) is 16.6 Å². The molecule has 0 atom stereocenters. The number of aryl methyl sites for hydroxylation is 2. The van der Waals surface area contributed by atoms with E-state index in [1.54, 1.807) is 30.8 Å². The first-order valence-electron chi connectivity index (χ1n) is 7.53. The third-order valence-electron chi connectivity index (χ3n) is 4.03. The lowest BCUT2D eigenvalue weighted by Gasteiger charge is -2.13. The van der Waals surface area contributed by atoms with E-state index in [-0.39, 0.29) is 11.4 Å². The maximum atomic E-state index is 13.3. The van der Waals surface area contributed by atoms with Crippen LogP contribution in [0, 0.1) is 12.7 Å². The average molecular weight is 311 g/mol. The van der Waals surface area contributed by atoms with E-state index in [1.807, 2.05) is 19.1 Å². The number of fused-ring (bicyclic) bond motifs is 1. The highest BCUT2D eigenvalue weighted by molar-refractivity contribution is 5.85. The Morgan fingerprint density at radius 2 is 2.00 bits per heavy atom. The number of anilines is 1. The highest BCUT2D eigenvalue weighted by Crippen LogP contribution is 2.25. The number of aromatic nitrogens is 2. The van der Waals surface area contributed by atoms with Crippen molar-refractivity contribution < 1.29 is 4.39 Å². The molecule has 5 heteroatoms. The van der Waals surface area contributed by atoms with Gasteiger partial charge >= 0.3 is 0 Å². The lowest BCUT2D eigenvalue weighted by Crippen LogP contribution is -2.21. The molecule has 118 valence electrons. The summed E-state index contributed by atoms with van der Waals surface area (Å²) in [7, 11) is 1.79. The number of hydrogen-bond donors (Lipinski definition) is 1. The molecule has 4 nitrogen and oxygen atoms in total. The molecule has 0 bridgehead atoms. The summed E-state index contributed by atoms with van der Waals surface area (Å²) in [6.45, 7) is 4.29. The largest absolute Gasteiger partial charge is 0.373 e. The van der Waals surface area contributed by atoms with E-state index in [0.717, 1.165) is 22.0 Å². The number of hydrogen-bond acceptors (Lipinski definition) is 3. The minimum atomic E-state index is -0.303. The number of nitrogens with zero attached hydrogens (tertiary/aromatic N) is 2. The summed E-state index contributed by atoms with van der Waals surface area (Å²) >= 11 is 0. The molecule has 23 heavy (non-hydrogen) atoms. The second-order valence-corrected chi connectivity index (χ2v) is 5.45. The quantitative estimate of drug-likeness (QED) is 0.804. The summed E-state index contributed by atoms with van der Waals surface area (Å²) in [6, 6.07) is 8.17. The molecule has 1 aromatic carbocycles. The normalized spacial score (nSPS) is 11.0. The molecular formula is C18H18FN3O. The van der Waals surface area contributed by atoms with E-state index < -0.39 is 0 Å². The molecule has 3 aromatic rings. The zero-order valence-corrected chi connectivity index (χ0v) is 13.4. The monoisotopic (exact) mass is 311 g/mol. The molecule has 0 spiro atoms. The van der Waals surface area contributed by atoms with Gasteiger partial charge in [-0.05, 0) is 43.2 Å². The topological polar surface area (TPSA) is 46.9 Å². The van der Waals surface area contributed by atoms with Crippen LogP contribution < -0.4 is 10.9 Å². The summed E-state index contributed by atoms with van der Waals surface area (Å²) in [6.07, 6.45) is 1.75. The molecule has 0 saturated heterocycles. The molecule has 0 amide bonds. The van der Waals surface area contributed by atoms with Gasteiger partial charge in [0.2, 0.25) is 0 Å². The predicted molar refractivity (Wildman–Crippen MR) is 91.4 cm³/mol. The lowest BCUT2D eigenvalue weighted by atomic mass is 10.0. The van der Waals surface area contributed by atoms with Crippen molar-refractivity contribution in [2.75, 3.05) is 12.4 Å². The fourth-order valence-corrected chi connectivity index (χ4v) is 2.85. The molecule has 2 heterocycles. The van der Waals surface area contributed by atoms with Gasteiger partial charge in [-0.25, -0.2) is 9.37 Å². The predicted octanol–water partition coefficient (Wildman–Crippen LogP) is 3.57. The molecule has 3 rings (SSSR count). The fraction of sp³-hybridized carbons (Fsp3) is 0.222. The van der Waals surface area contributed by atoms with E-state index in [2.05, 4.69) is 10.3 Å². The lowest BCUT2D eigenvalue weighted by molar-refractivity contribution is 0.627. The van der Waals surface area contributed by atoms with Gasteiger partial charge in [0.05, 0.1) is 5.52 Å². The van der Waals surface area contributed by atoms with E-state index in [1.165, 1.54) is 12.1 Å². The zero-order chi connectivity index (χ0) is 16.6. The van der Waals surface area contributed by atoms with Gasteiger partial charge in [0, 0.05) is 36.8 Å². The maximum absolute atomic E-state index is 13.3.